The first kappa shape index (κ1) is 21.8. The first-order valence-electron chi connectivity index (χ1n) is 8.40. The summed E-state index contributed by atoms with van der Waals surface area (Å²) < 4.78 is 0. The lowest BCUT2D eigenvalue weighted by Crippen LogP contribution is -2.52. The molecule has 8 N–H and O–H groups in total. The molecule has 0 aromatic carbocycles. The fourth-order valence-electron chi connectivity index (χ4n) is 2.20. The Bertz CT molecular complexity index is 327. The first-order valence-corrected chi connectivity index (χ1v) is 8.40. The van der Waals surface area contributed by atoms with Gasteiger partial charge < -0.3 is 32.7 Å². The minimum atomic E-state index is -0.548. The molecule has 0 saturated carbocycles. The molecule has 0 heterocycles. The Kier molecular flexibility index (Phi) is 13.6. The zero-order chi connectivity index (χ0) is 17.5. The largest absolute Gasteiger partial charge is 0.353 e. The number of rotatable bonds is 14. The molecule has 0 spiro atoms. The Morgan fingerprint density at radius 3 is 2.09 bits per heavy atom. The highest BCUT2D eigenvalue weighted by Gasteiger charge is 2.23. The Hall–Kier alpha value is -1.22. The Balaban J connectivity index is 4.52. The number of carbonyl (C=O) groups excluding carboxylic acids is 2. The van der Waals surface area contributed by atoms with E-state index in [-0.39, 0.29) is 17.9 Å². The second-order valence-corrected chi connectivity index (χ2v) is 5.51. The molecule has 0 saturated heterocycles. The van der Waals surface area contributed by atoms with Crippen LogP contribution >= 0.6 is 0 Å². The van der Waals surface area contributed by atoms with Crippen molar-refractivity contribution in [3.8, 4) is 0 Å². The lowest BCUT2D eigenvalue weighted by Gasteiger charge is -2.22. The average molecular weight is 330 g/mol. The Morgan fingerprint density at radius 2 is 1.52 bits per heavy atom. The summed E-state index contributed by atoms with van der Waals surface area (Å²) in [7, 11) is 3.56. The number of amides is 2. The van der Waals surface area contributed by atoms with Crippen LogP contribution in [0.5, 0.6) is 0 Å². The van der Waals surface area contributed by atoms with Crippen molar-refractivity contribution in [1.29, 1.82) is 0 Å². The monoisotopic (exact) mass is 330 g/mol. The van der Waals surface area contributed by atoms with Crippen molar-refractivity contribution in [2.24, 2.45) is 11.5 Å². The summed E-state index contributed by atoms with van der Waals surface area (Å²) in [5.74, 6) is -0.325. The molecule has 2 atom stereocenters. The van der Waals surface area contributed by atoms with Crippen LogP contribution in [0.2, 0.25) is 0 Å². The average Bonchev–Trinajstić information content (AvgIpc) is 2.55. The molecule has 0 aromatic heterocycles. The van der Waals surface area contributed by atoms with E-state index in [2.05, 4.69) is 21.3 Å². The van der Waals surface area contributed by atoms with Gasteiger partial charge in [0.15, 0.2) is 0 Å². The fourth-order valence-corrected chi connectivity index (χ4v) is 2.20. The predicted octanol–water partition coefficient (Wildman–Crippen LogP) is -1.74. The van der Waals surface area contributed by atoms with Crippen molar-refractivity contribution >= 4 is 11.8 Å². The normalized spacial score (nSPS) is 13.4. The van der Waals surface area contributed by atoms with Gasteiger partial charge in [0.1, 0.15) is 6.04 Å². The summed E-state index contributed by atoms with van der Waals surface area (Å²) in [6, 6.07) is -0.861. The van der Waals surface area contributed by atoms with E-state index >= 15 is 0 Å². The van der Waals surface area contributed by atoms with Gasteiger partial charge in [0.05, 0.1) is 6.04 Å². The van der Waals surface area contributed by atoms with Crippen LogP contribution in [0.4, 0.5) is 0 Å². The summed E-state index contributed by atoms with van der Waals surface area (Å²) in [5.41, 5.74) is 11.0. The van der Waals surface area contributed by atoms with Gasteiger partial charge in [0, 0.05) is 13.1 Å². The number of nitrogens with one attached hydrogen (secondary N) is 4. The van der Waals surface area contributed by atoms with Gasteiger partial charge in [-0.25, -0.2) is 0 Å². The zero-order valence-electron chi connectivity index (χ0n) is 14.5. The number of carbonyl (C=O) groups is 2. The van der Waals surface area contributed by atoms with E-state index in [4.69, 9.17) is 11.5 Å². The van der Waals surface area contributed by atoms with Crippen molar-refractivity contribution in [3.63, 3.8) is 0 Å². The van der Waals surface area contributed by atoms with Crippen LogP contribution < -0.4 is 32.7 Å². The molecule has 2 unspecified atom stereocenters. The second kappa shape index (κ2) is 14.4. The highest BCUT2D eigenvalue weighted by atomic mass is 16.2. The minimum Gasteiger partial charge on any atom is -0.353 e. The summed E-state index contributed by atoms with van der Waals surface area (Å²) in [5, 5.41) is 11.6. The molecule has 0 aliphatic carbocycles. The molecule has 8 nitrogen and oxygen atoms in total. The zero-order valence-corrected chi connectivity index (χ0v) is 14.5. The Labute approximate surface area is 139 Å². The summed E-state index contributed by atoms with van der Waals surface area (Å²) in [6.07, 6.45) is 3.67. The maximum atomic E-state index is 12.3. The van der Waals surface area contributed by atoms with E-state index in [1.165, 1.54) is 0 Å². The maximum Gasteiger partial charge on any atom is 0.242 e. The topological polar surface area (TPSA) is 134 Å². The third-order valence-corrected chi connectivity index (χ3v) is 3.62. The molecule has 0 aromatic rings. The second-order valence-electron chi connectivity index (χ2n) is 5.51. The summed E-state index contributed by atoms with van der Waals surface area (Å²) in [4.78, 5) is 24.5. The van der Waals surface area contributed by atoms with Gasteiger partial charge in [-0.15, -0.1) is 0 Å². The molecule has 136 valence electrons. The third kappa shape index (κ3) is 10.2. The quantitative estimate of drug-likeness (QED) is 0.209. The van der Waals surface area contributed by atoms with Crippen LogP contribution in [-0.2, 0) is 9.59 Å². The van der Waals surface area contributed by atoms with Gasteiger partial charge in [-0.3, -0.25) is 9.59 Å². The van der Waals surface area contributed by atoms with E-state index in [9.17, 15) is 9.59 Å². The molecule has 0 fully saturated rings. The van der Waals surface area contributed by atoms with Crippen molar-refractivity contribution in [1.82, 2.24) is 21.3 Å². The van der Waals surface area contributed by atoms with E-state index in [1.54, 1.807) is 7.05 Å². The summed E-state index contributed by atoms with van der Waals surface area (Å²) >= 11 is 0. The molecule has 2 amide bonds. The molecule has 0 rings (SSSR count). The third-order valence-electron chi connectivity index (χ3n) is 3.62. The van der Waals surface area contributed by atoms with Gasteiger partial charge in [-0.05, 0) is 52.9 Å². The maximum absolute atomic E-state index is 12.3. The van der Waals surface area contributed by atoms with Crippen LogP contribution in [0.25, 0.3) is 0 Å². The van der Waals surface area contributed by atoms with Crippen LogP contribution in [0.1, 0.15) is 32.1 Å². The summed E-state index contributed by atoms with van der Waals surface area (Å²) in [6.45, 7) is 2.31. The van der Waals surface area contributed by atoms with E-state index in [0.717, 1.165) is 12.8 Å². The van der Waals surface area contributed by atoms with Crippen LogP contribution in [0.3, 0.4) is 0 Å². The highest BCUT2D eigenvalue weighted by molar-refractivity contribution is 5.89. The molecule has 0 radical (unpaired) electrons. The van der Waals surface area contributed by atoms with Gasteiger partial charge in [0.25, 0.3) is 0 Å². The van der Waals surface area contributed by atoms with Gasteiger partial charge in [-0.2, -0.15) is 0 Å². The molecule has 8 heteroatoms. The van der Waals surface area contributed by atoms with Gasteiger partial charge >= 0.3 is 0 Å². The smallest absolute Gasteiger partial charge is 0.242 e. The molecule has 0 aliphatic heterocycles. The van der Waals surface area contributed by atoms with Crippen LogP contribution in [-0.4, -0.2) is 64.2 Å². The van der Waals surface area contributed by atoms with Crippen molar-refractivity contribution in [2.45, 2.75) is 44.2 Å². The lowest BCUT2D eigenvalue weighted by atomic mass is 10.1. The highest BCUT2D eigenvalue weighted by Crippen LogP contribution is 2.03. The predicted molar refractivity (Wildman–Crippen MR) is 92.9 cm³/mol. The number of hydrogen-bond donors (Lipinski definition) is 6. The molecule has 0 aliphatic rings. The van der Waals surface area contributed by atoms with E-state index < -0.39 is 6.04 Å². The van der Waals surface area contributed by atoms with Crippen LogP contribution in [0, 0.1) is 0 Å². The fraction of sp³-hybridized carbons (Fsp3) is 0.867. The van der Waals surface area contributed by atoms with Crippen LogP contribution in [0.15, 0.2) is 0 Å². The lowest BCUT2D eigenvalue weighted by molar-refractivity contribution is -0.130. The molecular weight excluding hydrogens is 296 g/mol. The van der Waals surface area contributed by atoms with Gasteiger partial charge in [0.2, 0.25) is 11.8 Å². The number of unbranched alkanes of at least 4 members (excludes halogenated alkanes) is 1. The molecule has 0 bridgehead atoms. The molecular formula is C15H34N6O2. The minimum absolute atomic E-state index is 0.157. The standard InChI is InChI=1S/C15H34N6O2/c1-18-10-11-20-14(22)13(7-5-9-17)21-15(23)12(19-2)6-3-4-8-16/h12-13,18-19H,3-11,16-17H2,1-2H3,(H,20,22)(H,21,23). The first-order chi connectivity index (χ1) is 11.1. The van der Waals surface area contributed by atoms with E-state index in [0.29, 0.717) is 45.4 Å². The number of hydrogen-bond acceptors (Lipinski definition) is 6. The SMILES string of the molecule is CNCCNC(=O)C(CCCN)NC(=O)C(CCCCN)NC. The number of nitrogens with two attached hydrogens (primary N) is 2. The number of likely N-dealkylation sites (N-methyl/N-ethyl adjacent to an activating group) is 2. The van der Waals surface area contributed by atoms with Crippen molar-refractivity contribution in [2.75, 3.05) is 40.3 Å². The van der Waals surface area contributed by atoms with Crippen molar-refractivity contribution in [3.05, 3.63) is 0 Å². The molecule has 23 heavy (non-hydrogen) atoms. The Morgan fingerprint density at radius 1 is 0.870 bits per heavy atom. The van der Waals surface area contributed by atoms with E-state index in [1.807, 2.05) is 7.05 Å². The van der Waals surface area contributed by atoms with Crippen molar-refractivity contribution < 1.29 is 9.59 Å². The van der Waals surface area contributed by atoms with Gasteiger partial charge in [-0.1, -0.05) is 6.42 Å².